The van der Waals surface area contributed by atoms with Crippen molar-refractivity contribution in [1.29, 1.82) is 0 Å². The molecule has 6 nitrogen and oxygen atoms in total. The number of fused-ring (bicyclic) bond motifs is 1. The van der Waals surface area contributed by atoms with Gasteiger partial charge in [0.1, 0.15) is 0 Å². The third-order valence-corrected chi connectivity index (χ3v) is 4.87. The summed E-state index contributed by atoms with van der Waals surface area (Å²) in [7, 11) is 0. The van der Waals surface area contributed by atoms with E-state index in [1.807, 2.05) is 24.1 Å². The maximum Gasteiger partial charge on any atom is 2.00 e. The molecule has 2 heterocycles. The number of hydrogen-bond acceptors (Lipinski definition) is 4. The Morgan fingerprint density at radius 2 is 1.94 bits per heavy atom. The number of nitrogens with zero attached hydrogens (tertiary/aromatic N) is 2. The standard InChI is InChI=1S/C14H20N2O.C10H15NO2.U/c1-5-15-14(17)13-7-6-12(4)16(10-13)9-8-11(2)3;1-10(2,3)13-9(12)11-5-7-4-8(7)6-11;/h6-11H,4-5H2,1-3H3,(H,15,17);7-8H,1-2,4-6H2,3H3;/q;-2;+2/b9-8-;;. The van der Waals surface area contributed by atoms with Gasteiger partial charge in [-0.25, -0.2) is 4.79 Å². The minimum atomic E-state index is -0.857. The molecule has 1 aliphatic carbocycles. The van der Waals surface area contributed by atoms with Crippen LogP contribution in [0, 0.1) is 62.7 Å². The minimum absolute atomic E-state index is 0. The Kier molecular flexibility index (Phi) is 10.7. The molecule has 2 atom stereocenters. The van der Waals surface area contributed by atoms with Gasteiger partial charge in [-0.05, 0) is 43.3 Å². The van der Waals surface area contributed by atoms with Crippen LogP contribution in [0.3, 0.4) is 0 Å². The number of ether oxygens (including phenoxy) is 1. The average molecular weight is 652 g/mol. The molecule has 0 spiro atoms. The molecule has 0 aromatic carbocycles. The molecule has 0 radical (unpaired) electrons. The Balaban J connectivity index is 0.000000309. The first-order valence-electron chi connectivity index (χ1n) is 10.5. The second kappa shape index (κ2) is 12.0. The van der Waals surface area contributed by atoms with E-state index in [1.165, 1.54) is 6.42 Å². The van der Waals surface area contributed by atoms with Gasteiger partial charge in [0.2, 0.25) is 0 Å². The molecule has 7 heteroatoms. The van der Waals surface area contributed by atoms with E-state index in [-0.39, 0.29) is 43.1 Å². The van der Waals surface area contributed by atoms with Crippen LogP contribution < -0.4 is 5.32 Å². The fourth-order valence-electron chi connectivity index (χ4n) is 3.17. The molecule has 1 N–H and O–H groups in total. The molecule has 0 aromatic heterocycles. The van der Waals surface area contributed by atoms with Crippen LogP contribution in [0.1, 0.15) is 34.1 Å². The summed E-state index contributed by atoms with van der Waals surface area (Å²) in [5.74, 6) is 1.90. The molecule has 1 saturated heterocycles. The summed E-state index contributed by atoms with van der Waals surface area (Å²) in [6, 6.07) is 0. The molecule has 3 rings (SSSR count). The zero-order valence-electron chi connectivity index (χ0n) is 19.2. The molecule has 31 heavy (non-hydrogen) atoms. The Bertz CT molecular complexity index is 740. The van der Waals surface area contributed by atoms with Gasteiger partial charge in [0.15, 0.2) is 0 Å². The van der Waals surface area contributed by atoms with Crippen molar-refractivity contribution in [2.24, 2.45) is 17.8 Å². The first-order chi connectivity index (χ1) is 14.0. The van der Waals surface area contributed by atoms with E-state index < -0.39 is 5.60 Å². The molecule has 0 bridgehead atoms. The molecule has 168 valence electrons. The van der Waals surface area contributed by atoms with Gasteiger partial charge in [0.05, 0.1) is 5.57 Å². The fourth-order valence-corrected chi connectivity index (χ4v) is 3.17. The largest absolute Gasteiger partial charge is 2.00 e. The molecule has 2 aliphatic heterocycles. The Hall–Kier alpha value is -1.45. The van der Waals surface area contributed by atoms with Crippen LogP contribution in [0.5, 0.6) is 0 Å². The number of allylic oxidation sites excluding steroid dienone is 2. The van der Waals surface area contributed by atoms with Gasteiger partial charge >= 0.3 is 37.2 Å². The van der Waals surface area contributed by atoms with Crippen LogP contribution in [0.2, 0.25) is 0 Å². The number of likely N-dealkylation sites (N-methyl/N-ethyl adjacent to an activating group) is 1. The molecule has 2 unspecified atom stereocenters. The predicted octanol–water partition coefficient (Wildman–Crippen LogP) is 4.06. The van der Waals surface area contributed by atoms with E-state index in [0.717, 1.165) is 30.6 Å². The molecular formula is C24H35N3O3U. The molecule has 3 aliphatic rings. The summed E-state index contributed by atoms with van der Waals surface area (Å²) < 4.78 is 5.06. The first-order valence-corrected chi connectivity index (χ1v) is 10.5. The number of likely N-dealkylation sites (tertiary alicyclic amines) is 1. The summed E-state index contributed by atoms with van der Waals surface area (Å²) in [4.78, 5) is 26.8. The van der Waals surface area contributed by atoms with Crippen molar-refractivity contribution in [1.82, 2.24) is 15.1 Å². The van der Waals surface area contributed by atoms with Crippen LogP contribution in [0.15, 0.2) is 48.5 Å². The monoisotopic (exact) mass is 651 g/mol. The van der Waals surface area contributed by atoms with Gasteiger partial charge in [-0.15, -0.1) is 5.60 Å². The summed E-state index contributed by atoms with van der Waals surface area (Å²) in [6.07, 6.45) is 10.5. The minimum Gasteiger partial charge on any atom is -0.508 e. The van der Waals surface area contributed by atoms with Crippen molar-refractivity contribution in [2.75, 3.05) is 19.6 Å². The second-order valence-corrected chi connectivity index (χ2v) is 8.74. The van der Waals surface area contributed by atoms with E-state index in [4.69, 9.17) is 4.74 Å². The van der Waals surface area contributed by atoms with Gasteiger partial charge in [-0.2, -0.15) is 0 Å². The number of rotatable bonds is 5. The van der Waals surface area contributed by atoms with Gasteiger partial charge in [-0.1, -0.05) is 33.4 Å². The van der Waals surface area contributed by atoms with E-state index in [9.17, 15) is 9.59 Å². The number of carbonyl (C=O) groups is 2. The van der Waals surface area contributed by atoms with Gasteiger partial charge < -0.3 is 33.7 Å². The van der Waals surface area contributed by atoms with Crippen molar-refractivity contribution in [3.05, 3.63) is 62.3 Å². The topological polar surface area (TPSA) is 61.9 Å². The zero-order chi connectivity index (χ0) is 22.5. The number of carbonyl (C=O) groups excluding carboxylic acids is 2. The smallest absolute Gasteiger partial charge is 0.508 e. The first kappa shape index (κ1) is 27.6. The normalized spacial score (nSPS) is 21.8. The molecule has 1 saturated carbocycles. The quantitative estimate of drug-likeness (QED) is 0.456. The van der Waals surface area contributed by atoms with Crippen molar-refractivity contribution in [2.45, 2.75) is 39.7 Å². The van der Waals surface area contributed by atoms with E-state index in [0.29, 0.717) is 18.0 Å². The Morgan fingerprint density at radius 3 is 2.45 bits per heavy atom. The summed E-state index contributed by atoms with van der Waals surface area (Å²) >= 11 is 0. The van der Waals surface area contributed by atoms with Crippen molar-refractivity contribution < 1.29 is 45.4 Å². The zero-order valence-corrected chi connectivity index (χ0v) is 23.4. The van der Waals surface area contributed by atoms with Crippen LogP contribution in [0.25, 0.3) is 0 Å². The summed E-state index contributed by atoms with van der Waals surface area (Å²) in [5, 5.41) is 2.78. The molecule has 0 aromatic rings. The van der Waals surface area contributed by atoms with Gasteiger partial charge in [-0.3, -0.25) is 4.79 Å². The van der Waals surface area contributed by atoms with Gasteiger partial charge in [0, 0.05) is 37.7 Å². The van der Waals surface area contributed by atoms with Crippen LogP contribution >= 0.6 is 0 Å². The third kappa shape index (κ3) is 9.29. The molecule has 2 amide bonds. The average Bonchev–Trinajstić information content (AvgIpc) is 3.25. The fraction of sp³-hybridized carbons (Fsp3) is 0.500. The predicted molar refractivity (Wildman–Crippen MR) is 120 cm³/mol. The Labute approximate surface area is 211 Å². The second-order valence-electron chi connectivity index (χ2n) is 8.74. The summed E-state index contributed by atoms with van der Waals surface area (Å²) in [6.45, 7) is 21.3. The van der Waals surface area contributed by atoms with Gasteiger partial charge in [0.25, 0.3) is 5.91 Å². The van der Waals surface area contributed by atoms with Crippen LogP contribution in [-0.4, -0.2) is 47.0 Å². The molecular weight excluding hydrogens is 616 g/mol. The summed E-state index contributed by atoms with van der Waals surface area (Å²) in [5.41, 5.74) is 0.645. The van der Waals surface area contributed by atoms with Crippen LogP contribution in [-0.2, 0) is 9.53 Å². The van der Waals surface area contributed by atoms with E-state index in [2.05, 4.69) is 45.7 Å². The van der Waals surface area contributed by atoms with Crippen molar-refractivity contribution in [3.63, 3.8) is 0 Å². The van der Waals surface area contributed by atoms with E-state index >= 15 is 0 Å². The number of piperidine rings is 1. The SMILES string of the molecule is C=C1C=CC(C(=O)NCC)=CN1/C=C\C(C)C.[CH2-]C([CH2-])(C)OC(=O)N1CC2CC2C1.[U+2]. The number of hydrogen-bond donors (Lipinski definition) is 1. The number of amides is 2. The van der Waals surface area contributed by atoms with E-state index in [1.54, 1.807) is 24.1 Å². The van der Waals surface area contributed by atoms with Crippen LogP contribution in [0.4, 0.5) is 4.79 Å². The third-order valence-electron chi connectivity index (χ3n) is 4.87. The molecule has 2 fully saturated rings. The van der Waals surface area contributed by atoms with Crippen molar-refractivity contribution >= 4 is 12.0 Å². The Morgan fingerprint density at radius 1 is 1.32 bits per heavy atom. The number of nitrogens with one attached hydrogen (secondary N) is 1. The van der Waals surface area contributed by atoms with Crippen molar-refractivity contribution in [3.8, 4) is 0 Å². The maximum atomic E-state index is 11.7. The maximum absolute atomic E-state index is 11.7.